The minimum atomic E-state index is -0.221. The quantitative estimate of drug-likeness (QED) is 0.262. The molecule has 3 rings (SSSR count). The van der Waals surface area contributed by atoms with Crippen molar-refractivity contribution in [3.63, 3.8) is 0 Å². The third-order valence-corrected chi connectivity index (χ3v) is 4.68. The highest BCUT2D eigenvalue weighted by atomic mass is 127. The fourth-order valence-corrected chi connectivity index (χ4v) is 3.20. The lowest BCUT2D eigenvalue weighted by atomic mass is 10.1. The van der Waals surface area contributed by atoms with Crippen LogP contribution in [-0.2, 0) is 25.8 Å². The van der Waals surface area contributed by atoms with Crippen LogP contribution in [0.5, 0.6) is 0 Å². The topological polar surface area (TPSA) is 78.2 Å². The van der Waals surface area contributed by atoms with E-state index in [-0.39, 0.29) is 29.8 Å². The summed E-state index contributed by atoms with van der Waals surface area (Å²) in [6.45, 7) is 5.43. The predicted octanol–water partition coefficient (Wildman–Crippen LogP) is 3.95. The Labute approximate surface area is 181 Å². The van der Waals surface area contributed by atoms with Crippen LogP contribution in [0.2, 0.25) is 0 Å². The lowest BCUT2D eigenvalue weighted by Crippen LogP contribution is -2.38. The number of rotatable bonds is 7. The molecule has 0 unspecified atom stereocenters. The maximum Gasteiger partial charge on any atom is 0.191 e. The van der Waals surface area contributed by atoms with Crippen molar-refractivity contribution in [3.8, 4) is 0 Å². The highest BCUT2D eigenvalue weighted by Crippen LogP contribution is 2.19. The van der Waals surface area contributed by atoms with Gasteiger partial charge in [0.05, 0.1) is 5.69 Å². The Hall–Kier alpha value is -2.10. The van der Waals surface area contributed by atoms with Crippen LogP contribution in [0.1, 0.15) is 36.4 Å². The number of fused-ring (bicyclic) bond motifs is 1. The van der Waals surface area contributed by atoms with Crippen molar-refractivity contribution in [3.05, 3.63) is 52.8 Å². The molecule has 1 aromatic carbocycles. The number of nitrogens with one attached hydrogen (secondary N) is 3. The third kappa shape index (κ3) is 5.03. The number of hydrogen-bond donors (Lipinski definition) is 3. The van der Waals surface area contributed by atoms with Crippen molar-refractivity contribution in [2.45, 2.75) is 39.7 Å². The highest BCUT2D eigenvalue weighted by Gasteiger charge is 2.13. The smallest absolute Gasteiger partial charge is 0.191 e. The molecule has 0 amide bonds. The molecule has 8 heteroatoms. The van der Waals surface area contributed by atoms with Gasteiger partial charge in [-0.25, -0.2) is 4.39 Å². The first-order chi connectivity index (χ1) is 13.2. The molecule has 152 valence electrons. The zero-order valence-electron chi connectivity index (χ0n) is 16.4. The summed E-state index contributed by atoms with van der Waals surface area (Å²) in [5.74, 6) is 1.41. The second-order valence-corrected chi connectivity index (χ2v) is 6.34. The normalized spacial score (nSPS) is 11.5. The standard InChI is InChI=1S/C20H26FN5O.HI/c1-4-17-16(19(5-2)27-26-17)12-25-20(22-3)23-9-8-13-11-24-18-7-6-14(21)10-15(13)18;/h6-7,10-11,24H,4-5,8-9,12H2,1-3H3,(H2,22,23,25);1H. The number of aromatic amines is 1. The maximum absolute atomic E-state index is 13.5. The molecule has 0 radical (unpaired) electrons. The second-order valence-electron chi connectivity index (χ2n) is 6.34. The number of benzene rings is 1. The molecule has 3 aromatic rings. The first-order valence-corrected chi connectivity index (χ1v) is 9.32. The molecule has 0 aliphatic heterocycles. The summed E-state index contributed by atoms with van der Waals surface area (Å²) in [4.78, 5) is 7.45. The van der Waals surface area contributed by atoms with Crippen molar-refractivity contribution in [1.29, 1.82) is 0 Å². The van der Waals surface area contributed by atoms with E-state index in [9.17, 15) is 4.39 Å². The molecule has 0 saturated heterocycles. The number of hydrogen-bond acceptors (Lipinski definition) is 3. The van der Waals surface area contributed by atoms with Gasteiger partial charge in [-0.05, 0) is 36.6 Å². The van der Waals surface area contributed by atoms with Crippen LogP contribution in [-0.4, -0.2) is 29.7 Å². The van der Waals surface area contributed by atoms with E-state index in [0.29, 0.717) is 19.0 Å². The largest absolute Gasteiger partial charge is 0.361 e. The van der Waals surface area contributed by atoms with Crippen molar-refractivity contribution < 1.29 is 8.91 Å². The molecule has 0 fully saturated rings. The summed E-state index contributed by atoms with van der Waals surface area (Å²) in [5.41, 5.74) is 4.11. The van der Waals surface area contributed by atoms with Crippen LogP contribution in [0.25, 0.3) is 10.9 Å². The number of nitrogens with zero attached hydrogens (tertiary/aromatic N) is 2. The second kappa shape index (κ2) is 10.4. The zero-order chi connectivity index (χ0) is 19.2. The van der Waals surface area contributed by atoms with E-state index in [0.717, 1.165) is 52.7 Å². The van der Waals surface area contributed by atoms with E-state index < -0.39 is 0 Å². The van der Waals surface area contributed by atoms with E-state index in [1.807, 2.05) is 6.20 Å². The fraction of sp³-hybridized carbons (Fsp3) is 0.400. The van der Waals surface area contributed by atoms with Gasteiger partial charge in [-0.15, -0.1) is 24.0 Å². The fourth-order valence-electron chi connectivity index (χ4n) is 3.20. The first-order valence-electron chi connectivity index (χ1n) is 9.32. The van der Waals surface area contributed by atoms with Gasteiger partial charge in [0.2, 0.25) is 0 Å². The van der Waals surface area contributed by atoms with Gasteiger partial charge >= 0.3 is 0 Å². The highest BCUT2D eigenvalue weighted by molar-refractivity contribution is 14.0. The summed E-state index contributed by atoms with van der Waals surface area (Å²) >= 11 is 0. The van der Waals surface area contributed by atoms with Gasteiger partial charge in [0, 0.05) is 49.2 Å². The Kier molecular flexibility index (Phi) is 8.28. The average molecular weight is 499 g/mol. The van der Waals surface area contributed by atoms with E-state index >= 15 is 0 Å². The maximum atomic E-state index is 13.5. The predicted molar refractivity (Wildman–Crippen MR) is 121 cm³/mol. The lowest BCUT2D eigenvalue weighted by Gasteiger charge is -2.12. The van der Waals surface area contributed by atoms with Gasteiger partial charge in [0.15, 0.2) is 5.96 Å². The summed E-state index contributed by atoms with van der Waals surface area (Å²) in [5, 5.41) is 11.7. The molecule has 6 nitrogen and oxygen atoms in total. The Balaban J connectivity index is 0.00000280. The first kappa shape index (κ1) is 22.2. The van der Waals surface area contributed by atoms with Gasteiger partial charge in [-0.1, -0.05) is 19.0 Å². The Morgan fingerprint density at radius 2 is 2.07 bits per heavy atom. The van der Waals surface area contributed by atoms with Crippen molar-refractivity contribution in [2.24, 2.45) is 4.99 Å². The molecule has 0 bridgehead atoms. The monoisotopic (exact) mass is 499 g/mol. The van der Waals surface area contributed by atoms with E-state index in [1.165, 1.54) is 6.07 Å². The molecule has 0 atom stereocenters. The van der Waals surface area contributed by atoms with Gasteiger partial charge < -0.3 is 20.1 Å². The number of guanidine groups is 1. The van der Waals surface area contributed by atoms with Crippen LogP contribution < -0.4 is 10.6 Å². The third-order valence-electron chi connectivity index (χ3n) is 4.68. The summed E-state index contributed by atoms with van der Waals surface area (Å²) in [6.07, 6.45) is 4.34. The zero-order valence-corrected chi connectivity index (χ0v) is 18.8. The summed E-state index contributed by atoms with van der Waals surface area (Å²) < 4.78 is 18.9. The van der Waals surface area contributed by atoms with E-state index in [2.05, 4.69) is 39.6 Å². The summed E-state index contributed by atoms with van der Waals surface area (Å²) in [6, 6.07) is 4.79. The minimum Gasteiger partial charge on any atom is -0.361 e. The molecule has 0 aliphatic carbocycles. The number of aromatic nitrogens is 2. The molecule has 3 N–H and O–H groups in total. The SMILES string of the molecule is CCc1noc(CC)c1CNC(=NC)NCCc1c[nH]c2ccc(F)cc12.I. The number of aryl methyl sites for hydroxylation is 2. The summed E-state index contributed by atoms with van der Waals surface area (Å²) in [7, 11) is 1.74. The van der Waals surface area contributed by atoms with Crippen molar-refractivity contribution >= 4 is 40.8 Å². The van der Waals surface area contributed by atoms with Gasteiger partial charge in [0.25, 0.3) is 0 Å². The van der Waals surface area contributed by atoms with Crippen LogP contribution in [0.3, 0.4) is 0 Å². The molecule has 2 heterocycles. The van der Waals surface area contributed by atoms with Crippen LogP contribution in [0.4, 0.5) is 4.39 Å². The number of halogens is 2. The molecule has 28 heavy (non-hydrogen) atoms. The average Bonchev–Trinajstić information content (AvgIpc) is 3.27. The van der Waals surface area contributed by atoms with Gasteiger partial charge in [0.1, 0.15) is 11.6 Å². The number of H-pyrrole nitrogens is 1. The molecule has 0 aliphatic rings. The molecular weight excluding hydrogens is 472 g/mol. The van der Waals surface area contributed by atoms with Gasteiger partial charge in [-0.3, -0.25) is 4.99 Å². The van der Waals surface area contributed by atoms with Crippen molar-refractivity contribution in [1.82, 2.24) is 20.8 Å². The van der Waals surface area contributed by atoms with Crippen molar-refractivity contribution in [2.75, 3.05) is 13.6 Å². The Morgan fingerprint density at radius 3 is 2.79 bits per heavy atom. The molecular formula is C20H27FIN5O. The Morgan fingerprint density at radius 1 is 1.25 bits per heavy atom. The van der Waals surface area contributed by atoms with Crippen LogP contribution >= 0.6 is 24.0 Å². The number of aliphatic imine (C=N–C) groups is 1. The minimum absolute atomic E-state index is 0. The molecule has 0 spiro atoms. The van der Waals surface area contributed by atoms with Crippen LogP contribution in [0.15, 0.2) is 33.9 Å². The van der Waals surface area contributed by atoms with E-state index in [4.69, 9.17) is 4.52 Å². The lowest BCUT2D eigenvalue weighted by molar-refractivity contribution is 0.380. The Bertz CT molecular complexity index is 912. The van der Waals surface area contributed by atoms with E-state index in [1.54, 1.807) is 19.2 Å². The molecule has 2 aromatic heterocycles. The van der Waals surface area contributed by atoms with Gasteiger partial charge in [-0.2, -0.15) is 0 Å². The molecule has 0 saturated carbocycles. The van der Waals surface area contributed by atoms with Crippen LogP contribution in [0, 0.1) is 5.82 Å².